The number of rotatable bonds is 4. The minimum absolute atomic E-state index is 0.00733. The summed E-state index contributed by atoms with van der Waals surface area (Å²) in [5.74, 6) is -1.35. The van der Waals surface area contributed by atoms with E-state index in [1.54, 1.807) is 0 Å². The van der Waals surface area contributed by atoms with Crippen LogP contribution in [0.5, 0.6) is 0 Å². The Balaban J connectivity index is 2.04. The lowest BCUT2D eigenvalue weighted by Crippen LogP contribution is -2.26. The number of carbonyl (C=O) groups excluding carboxylic acids is 1. The molecule has 0 amide bonds. The summed E-state index contributed by atoms with van der Waals surface area (Å²) in [5.41, 5.74) is 3.05. The average Bonchev–Trinajstić information content (AvgIpc) is 3.07. The fourth-order valence-electron chi connectivity index (χ4n) is 3.21. The highest BCUT2D eigenvalue weighted by Gasteiger charge is 2.57. The standard InChI is InChI=1S/C20H20O2/c1-20(2)17(18(20)19(21)22)13-16(14-9-5-3-6-10-14)15-11-7-4-8-12-15/h3-13,17-18H,1-2H3,(H,21,22)/p-1/t17-,18+/m0/s1. The third-order valence-corrected chi connectivity index (χ3v) is 4.68. The summed E-state index contributed by atoms with van der Waals surface area (Å²) < 4.78 is 0. The first-order valence-electron chi connectivity index (χ1n) is 7.55. The van der Waals surface area contributed by atoms with Gasteiger partial charge in [0.15, 0.2) is 0 Å². The minimum Gasteiger partial charge on any atom is -0.550 e. The molecular weight excluding hydrogens is 272 g/mol. The fourth-order valence-corrected chi connectivity index (χ4v) is 3.21. The van der Waals surface area contributed by atoms with E-state index in [1.807, 2.05) is 50.2 Å². The fraction of sp³-hybridized carbons (Fsp3) is 0.250. The molecule has 0 bridgehead atoms. The van der Waals surface area contributed by atoms with Gasteiger partial charge in [-0.1, -0.05) is 80.6 Å². The smallest absolute Gasteiger partial charge is 0.0456 e. The molecule has 2 atom stereocenters. The number of hydrogen-bond donors (Lipinski definition) is 0. The van der Waals surface area contributed by atoms with Crippen molar-refractivity contribution < 1.29 is 9.90 Å². The molecule has 22 heavy (non-hydrogen) atoms. The van der Waals surface area contributed by atoms with Crippen molar-refractivity contribution in [2.45, 2.75) is 13.8 Å². The van der Waals surface area contributed by atoms with Gasteiger partial charge in [-0.3, -0.25) is 0 Å². The van der Waals surface area contributed by atoms with Crippen molar-refractivity contribution in [3.63, 3.8) is 0 Å². The van der Waals surface area contributed by atoms with Gasteiger partial charge in [-0.15, -0.1) is 0 Å². The third kappa shape index (κ3) is 2.57. The molecular formula is C20H19O2-. The highest BCUT2D eigenvalue weighted by atomic mass is 16.4. The maximum atomic E-state index is 11.3. The van der Waals surface area contributed by atoms with E-state index >= 15 is 0 Å². The molecule has 1 aliphatic rings. The van der Waals surface area contributed by atoms with Gasteiger partial charge in [-0.05, 0) is 28.0 Å². The van der Waals surface area contributed by atoms with Crippen LogP contribution in [-0.4, -0.2) is 5.97 Å². The zero-order valence-electron chi connectivity index (χ0n) is 12.8. The van der Waals surface area contributed by atoms with Crippen LogP contribution in [-0.2, 0) is 4.79 Å². The summed E-state index contributed by atoms with van der Waals surface area (Å²) in [6.07, 6.45) is 2.10. The average molecular weight is 291 g/mol. The van der Waals surface area contributed by atoms with Crippen molar-refractivity contribution in [3.05, 3.63) is 77.9 Å². The summed E-state index contributed by atoms with van der Waals surface area (Å²) in [4.78, 5) is 11.3. The number of carboxylic acid groups (broad SMARTS) is 1. The molecule has 2 aromatic rings. The first-order valence-corrected chi connectivity index (χ1v) is 7.55. The summed E-state index contributed by atoms with van der Waals surface area (Å²) in [6.45, 7) is 3.98. The first-order chi connectivity index (χ1) is 10.5. The second-order valence-corrected chi connectivity index (χ2v) is 6.46. The molecule has 0 saturated heterocycles. The molecule has 0 N–H and O–H groups in total. The number of allylic oxidation sites excluding steroid dienone is 1. The van der Waals surface area contributed by atoms with Crippen LogP contribution in [0, 0.1) is 17.3 Å². The second kappa shape index (κ2) is 5.45. The zero-order chi connectivity index (χ0) is 15.7. The van der Waals surface area contributed by atoms with Gasteiger partial charge in [0.2, 0.25) is 0 Å². The van der Waals surface area contributed by atoms with Gasteiger partial charge in [0.25, 0.3) is 0 Å². The van der Waals surface area contributed by atoms with Gasteiger partial charge >= 0.3 is 0 Å². The van der Waals surface area contributed by atoms with Crippen LogP contribution in [0.3, 0.4) is 0 Å². The number of benzene rings is 2. The van der Waals surface area contributed by atoms with E-state index in [4.69, 9.17) is 0 Å². The molecule has 0 aliphatic heterocycles. The molecule has 1 aliphatic carbocycles. The van der Waals surface area contributed by atoms with Crippen LogP contribution >= 0.6 is 0 Å². The monoisotopic (exact) mass is 291 g/mol. The van der Waals surface area contributed by atoms with Crippen molar-refractivity contribution in [3.8, 4) is 0 Å². The van der Waals surface area contributed by atoms with Crippen LogP contribution in [0.4, 0.5) is 0 Å². The molecule has 3 rings (SSSR count). The molecule has 2 heteroatoms. The van der Waals surface area contributed by atoms with Crippen LogP contribution in [0.2, 0.25) is 0 Å². The molecule has 112 valence electrons. The van der Waals surface area contributed by atoms with Crippen LogP contribution < -0.4 is 5.11 Å². The van der Waals surface area contributed by atoms with Crippen molar-refractivity contribution in [1.29, 1.82) is 0 Å². The number of aliphatic carboxylic acids is 1. The van der Waals surface area contributed by atoms with Crippen LogP contribution in [0.25, 0.3) is 5.57 Å². The highest BCUT2D eigenvalue weighted by molar-refractivity contribution is 5.82. The van der Waals surface area contributed by atoms with E-state index in [9.17, 15) is 9.90 Å². The maximum Gasteiger partial charge on any atom is 0.0456 e. The Bertz CT molecular complexity index is 658. The predicted octanol–water partition coefficient (Wildman–Crippen LogP) is 3.14. The van der Waals surface area contributed by atoms with Gasteiger partial charge < -0.3 is 9.90 Å². The van der Waals surface area contributed by atoms with E-state index in [0.717, 1.165) is 16.7 Å². The summed E-state index contributed by atoms with van der Waals surface area (Å²) in [7, 11) is 0. The Morgan fingerprint density at radius 1 is 0.955 bits per heavy atom. The quantitative estimate of drug-likeness (QED) is 0.868. The van der Waals surface area contributed by atoms with Crippen molar-refractivity contribution in [1.82, 2.24) is 0 Å². The molecule has 2 aromatic carbocycles. The Kier molecular flexibility index (Phi) is 3.61. The minimum atomic E-state index is -0.952. The number of hydrogen-bond acceptors (Lipinski definition) is 2. The van der Waals surface area contributed by atoms with Gasteiger partial charge in [-0.2, -0.15) is 0 Å². The van der Waals surface area contributed by atoms with Gasteiger partial charge in [0, 0.05) is 11.9 Å². The Morgan fingerprint density at radius 2 is 1.41 bits per heavy atom. The van der Waals surface area contributed by atoms with E-state index in [1.165, 1.54) is 0 Å². The molecule has 2 nitrogen and oxygen atoms in total. The molecule has 1 saturated carbocycles. The molecule has 0 radical (unpaired) electrons. The first kappa shape index (κ1) is 14.6. The van der Waals surface area contributed by atoms with E-state index < -0.39 is 11.9 Å². The Labute approximate surface area is 131 Å². The third-order valence-electron chi connectivity index (χ3n) is 4.68. The molecule has 0 spiro atoms. The normalized spacial score (nSPS) is 21.9. The van der Waals surface area contributed by atoms with Crippen molar-refractivity contribution in [2.75, 3.05) is 0 Å². The second-order valence-electron chi connectivity index (χ2n) is 6.46. The lowest BCUT2D eigenvalue weighted by molar-refractivity contribution is -0.308. The Morgan fingerprint density at radius 3 is 1.77 bits per heavy atom. The molecule has 0 aromatic heterocycles. The van der Waals surface area contributed by atoms with Gasteiger partial charge in [-0.25, -0.2) is 0 Å². The maximum absolute atomic E-state index is 11.3. The lowest BCUT2D eigenvalue weighted by atomic mass is 9.95. The summed E-state index contributed by atoms with van der Waals surface area (Å²) in [6, 6.07) is 20.2. The lowest BCUT2D eigenvalue weighted by Gasteiger charge is -2.09. The number of carbonyl (C=O) groups is 1. The highest BCUT2D eigenvalue weighted by Crippen LogP contribution is 2.59. The predicted molar refractivity (Wildman–Crippen MR) is 85.7 cm³/mol. The largest absolute Gasteiger partial charge is 0.550 e. The van der Waals surface area contributed by atoms with Crippen LogP contribution in [0.15, 0.2) is 66.7 Å². The Hall–Kier alpha value is -2.35. The number of carboxylic acids is 1. The zero-order valence-corrected chi connectivity index (χ0v) is 12.8. The van der Waals surface area contributed by atoms with E-state index in [2.05, 4.69) is 30.3 Å². The van der Waals surface area contributed by atoms with E-state index in [-0.39, 0.29) is 11.3 Å². The molecule has 0 heterocycles. The van der Waals surface area contributed by atoms with Gasteiger partial charge in [0.1, 0.15) is 0 Å². The topological polar surface area (TPSA) is 40.1 Å². The van der Waals surface area contributed by atoms with Gasteiger partial charge in [0.05, 0.1) is 0 Å². The molecule has 1 fully saturated rings. The van der Waals surface area contributed by atoms with Crippen molar-refractivity contribution in [2.24, 2.45) is 17.3 Å². The molecule has 0 unspecified atom stereocenters. The summed E-state index contributed by atoms with van der Waals surface area (Å²) in [5, 5.41) is 11.3. The van der Waals surface area contributed by atoms with Crippen molar-refractivity contribution >= 4 is 11.5 Å². The SMILES string of the molecule is CC1(C)[C@@H](C=C(c2ccccc2)c2ccccc2)[C@@H]1C(=O)[O-]. The van der Waals surface area contributed by atoms with E-state index in [0.29, 0.717) is 0 Å². The van der Waals surface area contributed by atoms with Crippen LogP contribution in [0.1, 0.15) is 25.0 Å². The summed E-state index contributed by atoms with van der Waals surface area (Å²) >= 11 is 0.